The van der Waals surface area contributed by atoms with E-state index in [2.05, 4.69) is 30.6 Å². The van der Waals surface area contributed by atoms with Gasteiger partial charge in [-0.25, -0.2) is 9.36 Å². The van der Waals surface area contributed by atoms with Crippen molar-refractivity contribution >= 4 is 45.9 Å². The van der Waals surface area contributed by atoms with Crippen molar-refractivity contribution in [1.29, 1.82) is 0 Å². The average Bonchev–Trinajstić information content (AvgIpc) is 2.98. The van der Waals surface area contributed by atoms with E-state index in [0.717, 1.165) is 74.0 Å². The Morgan fingerprint density at radius 3 is 2.44 bits per heavy atom. The smallest absolute Gasteiger partial charge is 0.421 e. The molecule has 2 atom stereocenters. The Labute approximate surface area is 265 Å². The molecule has 0 bridgehead atoms. The van der Waals surface area contributed by atoms with Crippen molar-refractivity contribution in [2.24, 2.45) is 11.8 Å². The molecule has 3 aromatic rings. The van der Waals surface area contributed by atoms with Crippen LogP contribution in [-0.4, -0.2) is 61.5 Å². The maximum Gasteiger partial charge on any atom is 0.421 e. The summed E-state index contributed by atoms with van der Waals surface area (Å²) in [6.07, 6.45) is 5.54. The summed E-state index contributed by atoms with van der Waals surface area (Å²) in [7, 11) is 0. The van der Waals surface area contributed by atoms with Crippen LogP contribution in [0.4, 0.5) is 10.5 Å². The zero-order valence-corrected chi connectivity index (χ0v) is 27.2. The monoisotopic (exact) mass is 629 g/mol. The van der Waals surface area contributed by atoms with Gasteiger partial charge in [-0.15, -0.1) is 0 Å². The second-order valence-corrected chi connectivity index (χ2v) is 12.6. The number of pyridine rings is 1. The van der Waals surface area contributed by atoms with Crippen molar-refractivity contribution < 1.29 is 14.3 Å². The third-order valence-corrected chi connectivity index (χ3v) is 9.06. The number of ether oxygens (including phenoxy) is 2. The van der Waals surface area contributed by atoms with Crippen LogP contribution in [0.5, 0.6) is 5.75 Å². The maximum absolute atomic E-state index is 13.0. The number of unbranched alkanes of at least 4 members (excludes halogenated alkanes) is 1. The summed E-state index contributed by atoms with van der Waals surface area (Å²) in [6.45, 7) is 12.3. The first-order chi connectivity index (χ1) is 20.8. The second-order valence-electron chi connectivity index (χ2n) is 11.8. The molecule has 0 amide bonds. The molecule has 2 heterocycles. The van der Waals surface area contributed by atoms with E-state index < -0.39 is 11.7 Å². The Bertz CT molecular complexity index is 1400. The molecule has 1 aromatic heterocycles. The van der Waals surface area contributed by atoms with Crippen molar-refractivity contribution in [2.75, 3.05) is 50.8 Å². The number of nitrogens with zero attached hydrogens (tertiary/aromatic N) is 3. The van der Waals surface area contributed by atoms with E-state index in [1.165, 1.54) is 18.9 Å². The van der Waals surface area contributed by atoms with Gasteiger partial charge in [-0.3, -0.25) is 9.69 Å². The van der Waals surface area contributed by atoms with Crippen LogP contribution in [0, 0.1) is 11.8 Å². The molecular weight excluding hydrogens is 585 g/mol. The molecule has 0 saturated carbocycles. The summed E-state index contributed by atoms with van der Waals surface area (Å²) in [5, 5.41) is 1.99. The highest BCUT2D eigenvalue weighted by molar-refractivity contribution is 6.43. The van der Waals surface area contributed by atoms with E-state index in [1.54, 1.807) is 12.1 Å². The molecule has 0 aliphatic carbocycles. The number of rotatable bonds is 14. The Morgan fingerprint density at radius 2 is 1.67 bits per heavy atom. The number of hydrogen-bond acceptors (Lipinski definition) is 6. The molecule has 0 spiro atoms. The molecule has 1 saturated heterocycles. The van der Waals surface area contributed by atoms with Gasteiger partial charge in [0.25, 0.3) is 5.56 Å². The minimum atomic E-state index is -0.640. The van der Waals surface area contributed by atoms with Gasteiger partial charge in [0.2, 0.25) is 0 Å². The molecule has 1 aliphatic heterocycles. The van der Waals surface area contributed by atoms with Crippen LogP contribution in [0.25, 0.3) is 10.9 Å². The van der Waals surface area contributed by atoms with E-state index in [1.807, 2.05) is 30.3 Å². The number of carbonyl (C=O) groups excluding carboxylic acids is 1. The summed E-state index contributed by atoms with van der Waals surface area (Å²) in [5.41, 5.74) is 1.09. The second kappa shape index (κ2) is 16.4. The largest absolute Gasteiger partial charge is 0.494 e. The number of halogens is 2. The molecule has 1 aliphatic rings. The topological polar surface area (TPSA) is 64.0 Å². The Hall–Kier alpha value is -2.74. The molecule has 2 unspecified atom stereocenters. The maximum atomic E-state index is 13.0. The molecule has 4 rings (SSSR count). The van der Waals surface area contributed by atoms with E-state index in [0.29, 0.717) is 46.4 Å². The van der Waals surface area contributed by atoms with Gasteiger partial charge in [-0.05, 0) is 79.8 Å². The fourth-order valence-corrected chi connectivity index (χ4v) is 6.31. The number of benzene rings is 2. The Morgan fingerprint density at radius 1 is 0.930 bits per heavy atom. The fourth-order valence-electron chi connectivity index (χ4n) is 5.89. The van der Waals surface area contributed by atoms with Crippen molar-refractivity contribution in [1.82, 2.24) is 9.47 Å². The number of hydrogen-bond donors (Lipinski definition) is 0. The zero-order valence-electron chi connectivity index (χ0n) is 25.7. The minimum Gasteiger partial charge on any atom is -0.494 e. The van der Waals surface area contributed by atoms with Crippen LogP contribution < -0.4 is 15.2 Å². The van der Waals surface area contributed by atoms with Crippen molar-refractivity contribution in [3.8, 4) is 5.75 Å². The van der Waals surface area contributed by atoms with E-state index in [4.69, 9.17) is 32.7 Å². The first-order valence-corrected chi connectivity index (χ1v) is 16.4. The van der Waals surface area contributed by atoms with Gasteiger partial charge in [0.1, 0.15) is 5.75 Å². The van der Waals surface area contributed by atoms with Crippen LogP contribution in [-0.2, 0) is 4.74 Å². The van der Waals surface area contributed by atoms with Crippen LogP contribution in [0.15, 0.2) is 53.3 Å². The molecule has 7 nitrogen and oxygen atoms in total. The first-order valence-electron chi connectivity index (χ1n) is 15.6. The predicted molar refractivity (Wildman–Crippen MR) is 177 cm³/mol. The summed E-state index contributed by atoms with van der Waals surface area (Å²) >= 11 is 12.6. The molecule has 9 heteroatoms. The van der Waals surface area contributed by atoms with Gasteiger partial charge in [0, 0.05) is 38.3 Å². The standard InChI is InChI=1S/C34H45Cl2N3O4/c1-4-8-25(2)23-26(3)15-22-43-34(41)39-31-24-28(13-11-27(31)12-14-32(39)40)42-21-6-5-16-37-17-19-38(20-18-37)30-10-7-9-29(35)33(30)36/h7,9-14,24-26H,4-6,8,15-23H2,1-3H3. The lowest BCUT2D eigenvalue weighted by Gasteiger charge is -2.36. The van der Waals surface area contributed by atoms with E-state index in [9.17, 15) is 9.59 Å². The molecule has 1 fully saturated rings. The van der Waals surface area contributed by atoms with Gasteiger partial charge in [0.05, 0.1) is 34.5 Å². The molecule has 2 aromatic carbocycles. The quantitative estimate of drug-likeness (QED) is 0.168. The van der Waals surface area contributed by atoms with E-state index in [-0.39, 0.29) is 0 Å². The Balaban J connectivity index is 1.23. The highest BCUT2D eigenvalue weighted by atomic mass is 35.5. The van der Waals surface area contributed by atoms with Crippen molar-refractivity contribution in [3.05, 3.63) is 68.9 Å². The highest BCUT2D eigenvalue weighted by Gasteiger charge is 2.20. The van der Waals surface area contributed by atoms with Gasteiger partial charge < -0.3 is 14.4 Å². The third kappa shape index (κ3) is 9.37. The van der Waals surface area contributed by atoms with Crippen LogP contribution >= 0.6 is 23.2 Å². The van der Waals surface area contributed by atoms with Gasteiger partial charge in [-0.1, -0.05) is 62.9 Å². The number of aromatic nitrogens is 1. The number of anilines is 1. The first kappa shape index (κ1) is 33.2. The molecule has 43 heavy (non-hydrogen) atoms. The summed E-state index contributed by atoms with van der Waals surface area (Å²) in [4.78, 5) is 30.4. The highest BCUT2D eigenvalue weighted by Crippen LogP contribution is 2.33. The lowest BCUT2D eigenvalue weighted by molar-refractivity contribution is 0.139. The zero-order chi connectivity index (χ0) is 30.8. The molecule has 0 radical (unpaired) electrons. The van der Waals surface area contributed by atoms with Crippen molar-refractivity contribution in [2.45, 2.75) is 59.3 Å². The third-order valence-electron chi connectivity index (χ3n) is 8.26. The molecule has 234 valence electrons. The average molecular weight is 631 g/mol. The van der Waals surface area contributed by atoms with E-state index >= 15 is 0 Å². The Kier molecular flexibility index (Phi) is 12.6. The van der Waals surface area contributed by atoms with Crippen LogP contribution in [0.3, 0.4) is 0 Å². The summed E-state index contributed by atoms with van der Waals surface area (Å²) in [6, 6.07) is 14.4. The summed E-state index contributed by atoms with van der Waals surface area (Å²) in [5.74, 6) is 1.74. The number of fused-ring (bicyclic) bond motifs is 1. The summed E-state index contributed by atoms with van der Waals surface area (Å²) < 4.78 is 12.7. The SMILES string of the molecule is CCCC(C)CC(C)CCOC(=O)n1c(=O)ccc2ccc(OCCCCN3CCN(c4cccc(Cl)c4Cl)CC3)cc21. The lowest BCUT2D eigenvalue weighted by Crippen LogP contribution is -2.46. The number of carbonyl (C=O) groups is 1. The van der Waals surface area contributed by atoms with Crippen LogP contribution in [0.2, 0.25) is 10.0 Å². The fraction of sp³-hybridized carbons (Fsp3) is 0.529. The van der Waals surface area contributed by atoms with Gasteiger partial charge in [-0.2, -0.15) is 0 Å². The van der Waals surface area contributed by atoms with Gasteiger partial charge >= 0.3 is 6.09 Å². The number of piperazine rings is 1. The van der Waals surface area contributed by atoms with Crippen molar-refractivity contribution in [3.63, 3.8) is 0 Å². The van der Waals surface area contributed by atoms with Gasteiger partial charge in [0.15, 0.2) is 0 Å². The minimum absolute atomic E-state index is 0.293. The molecule has 0 N–H and O–H groups in total. The normalized spacial score (nSPS) is 15.4. The van der Waals surface area contributed by atoms with Crippen LogP contribution in [0.1, 0.15) is 59.3 Å². The predicted octanol–water partition coefficient (Wildman–Crippen LogP) is 8.13. The molecular formula is C34H45Cl2N3O4. The lowest BCUT2D eigenvalue weighted by atomic mass is 9.92.